The zero-order chi connectivity index (χ0) is 10.5. The van der Waals surface area contributed by atoms with Gasteiger partial charge in [-0.15, -0.1) is 0 Å². The summed E-state index contributed by atoms with van der Waals surface area (Å²) in [5.74, 6) is 0.669. The van der Waals surface area contributed by atoms with Crippen LogP contribution in [0.2, 0.25) is 0 Å². The Hall–Kier alpha value is -0.630. The first kappa shape index (κ1) is 9.91. The molecule has 1 saturated carbocycles. The van der Waals surface area contributed by atoms with Gasteiger partial charge in [-0.2, -0.15) is 0 Å². The number of rotatable bonds is 2. The minimum absolute atomic E-state index is 0.0266. The van der Waals surface area contributed by atoms with E-state index in [1.807, 2.05) is 0 Å². The van der Waals surface area contributed by atoms with Crippen LogP contribution in [0, 0.1) is 17.3 Å². The highest BCUT2D eigenvalue weighted by Crippen LogP contribution is 2.56. The Bertz CT molecular complexity index is 303. The van der Waals surface area contributed by atoms with Crippen molar-refractivity contribution in [1.82, 2.24) is 0 Å². The first-order valence-corrected chi connectivity index (χ1v) is 5.35. The molecular formula is C12H18O2. The maximum Gasteiger partial charge on any atom is 0.164 e. The molecule has 2 aliphatic carbocycles. The van der Waals surface area contributed by atoms with Crippen LogP contribution in [0.3, 0.4) is 0 Å². The molecule has 0 aromatic carbocycles. The van der Waals surface area contributed by atoms with Gasteiger partial charge in [-0.1, -0.05) is 18.6 Å². The predicted molar refractivity (Wildman–Crippen MR) is 54.8 cm³/mol. The maximum atomic E-state index is 11.8. The fraction of sp³-hybridized carbons (Fsp3) is 0.750. The molecule has 1 N–H and O–H groups in total. The van der Waals surface area contributed by atoms with Crippen molar-refractivity contribution in [2.24, 2.45) is 17.3 Å². The molecule has 0 amide bonds. The van der Waals surface area contributed by atoms with Crippen LogP contribution in [-0.4, -0.2) is 17.0 Å². The van der Waals surface area contributed by atoms with E-state index < -0.39 is 6.10 Å². The lowest BCUT2D eigenvalue weighted by Gasteiger charge is -2.28. The molecule has 1 fully saturated rings. The molecule has 78 valence electrons. The van der Waals surface area contributed by atoms with Crippen LogP contribution < -0.4 is 0 Å². The molecule has 0 spiro atoms. The smallest absolute Gasteiger partial charge is 0.164 e. The maximum absolute atomic E-state index is 11.8. The summed E-state index contributed by atoms with van der Waals surface area (Å²) in [4.78, 5) is 11.8. The first-order valence-electron chi connectivity index (χ1n) is 5.35. The van der Waals surface area contributed by atoms with E-state index in [4.69, 9.17) is 0 Å². The number of carbonyl (C=O) groups is 1. The molecule has 4 atom stereocenters. The number of Topliss-reactive ketones (excluding diaryl/α,β-unsaturated/α-hetero) is 1. The zero-order valence-corrected chi connectivity index (χ0v) is 9.08. The summed E-state index contributed by atoms with van der Waals surface area (Å²) >= 11 is 0. The fourth-order valence-electron chi connectivity index (χ4n) is 3.19. The summed E-state index contributed by atoms with van der Waals surface area (Å²) in [6, 6.07) is 0. The molecule has 0 unspecified atom stereocenters. The Morgan fingerprint density at radius 1 is 1.71 bits per heavy atom. The fourth-order valence-corrected chi connectivity index (χ4v) is 3.19. The van der Waals surface area contributed by atoms with Crippen molar-refractivity contribution >= 4 is 5.78 Å². The number of fused-ring (bicyclic) bond motifs is 2. The average molecular weight is 194 g/mol. The number of carbonyl (C=O) groups excluding carboxylic acids is 1. The van der Waals surface area contributed by atoms with E-state index >= 15 is 0 Å². The molecule has 0 saturated heterocycles. The van der Waals surface area contributed by atoms with Crippen LogP contribution >= 0.6 is 0 Å². The second-order valence-corrected chi connectivity index (χ2v) is 5.16. The third kappa shape index (κ3) is 1.24. The summed E-state index contributed by atoms with van der Waals surface area (Å²) in [5.41, 5.74) is 1.46. The van der Waals surface area contributed by atoms with Crippen molar-refractivity contribution in [1.29, 1.82) is 0 Å². The molecule has 0 aliphatic heterocycles. The molecule has 2 nitrogen and oxygen atoms in total. The number of aliphatic hydroxyl groups excluding tert-OH is 1. The molecule has 0 radical (unpaired) electrons. The third-order valence-corrected chi connectivity index (χ3v) is 3.96. The van der Waals surface area contributed by atoms with Crippen LogP contribution in [0.25, 0.3) is 0 Å². The Morgan fingerprint density at radius 2 is 2.36 bits per heavy atom. The van der Waals surface area contributed by atoms with Crippen molar-refractivity contribution in [3.63, 3.8) is 0 Å². The number of hydrogen-bond donors (Lipinski definition) is 1. The predicted octanol–water partition coefficient (Wildman–Crippen LogP) is 1.93. The quantitative estimate of drug-likeness (QED) is 0.682. The number of aliphatic hydroxyl groups is 1. The second kappa shape index (κ2) is 2.93. The summed E-state index contributed by atoms with van der Waals surface area (Å²) in [6.45, 7) is 5.88. The van der Waals surface area contributed by atoms with Gasteiger partial charge in [0.1, 0.15) is 6.10 Å². The van der Waals surface area contributed by atoms with Crippen LogP contribution in [0.15, 0.2) is 11.6 Å². The van der Waals surface area contributed by atoms with Crippen molar-refractivity contribution in [3.05, 3.63) is 11.6 Å². The van der Waals surface area contributed by atoms with Gasteiger partial charge in [-0.25, -0.2) is 0 Å². The number of ketones is 1. The van der Waals surface area contributed by atoms with E-state index in [9.17, 15) is 9.90 Å². The van der Waals surface area contributed by atoms with Crippen LogP contribution in [0.4, 0.5) is 0 Å². The van der Waals surface area contributed by atoms with Gasteiger partial charge < -0.3 is 5.11 Å². The van der Waals surface area contributed by atoms with E-state index in [1.165, 1.54) is 5.57 Å². The number of hydrogen-bond acceptors (Lipinski definition) is 2. The molecular weight excluding hydrogens is 176 g/mol. The van der Waals surface area contributed by atoms with Gasteiger partial charge in [0.2, 0.25) is 0 Å². The molecule has 0 heterocycles. The molecule has 0 aromatic rings. The second-order valence-electron chi connectivity index (χ2n) is 5.16. The Balaban J connectivity index is 2.23. The van der Waals surface area contributed by atoms with E-state index in [0.29, 0.717) is 5.92 Å². The van der Waals surface area contributed by atoms with Gasteiger partial charge in [0.05, 0.1) is 0 Å². The summed E-state index contributed by atoms with van der Waals surface area (Å²) in [7, 11) is 0. The third-order valence-electron chi connectivity index (χ3n) is 3.96. The molecule has 14 heavy (non-hydrogen) atoms. The van der Waals surface area contributed by atoms with Gasteiger partial charge in [0.15, 0.2) is 5.78 Å². The monoisotopic (exact) mass is 194 g/mol. The van der Waals surface area contributed by atoms with Crippen molar-refractivity contribution in [2.75, 3.05) is 0 Å². The lowest BCUT2D eigenvalue weighted by atomic mass is 9.75. The molecule has 0 aromatic heterocycles. The van der Waals surface area contributed by atoms with E-state index in [0.717, 1.165) is 12.8 Å². The standard InChI is InChI=1S/C12H18O2/c1-7-5-12(3)6-9(7)4-10(12)11(14)8(2)13/h5,8-10,13H,4,6H2,1-3H3/t8-,9-,10-,12-/m0/s1. The van der Waals surface area contributed by atoms with Crippen molar-refractivity contribution < 1.29 is 9.90 Å². The normalized spacial score (nSPS) is 42.4. The summed E-state index contributed by atoms with van der Waals surface area (Å²) in [6.07, 6.45) is 3.49. The highest BCUT2D eigenvalue weighted by Gasteiger charge is 2.50. The van der Waals surface area contributed by atoms with Gasteiger partial charge in [0, 0.05) is 5.92 Å². The van der Waals surface area contributed by atoms with Gasteiger partial charge in [0.25, 0.3) is 0 Å². The SMILES string of the molecule is CC1=C[C@@]2(C)C[C@@H]1C[C@H]2C(=O)[C@H](C)O. The van der Waals surface area contributed by atoms with Crippen molar-refractivity contribution in [2.45, 2.75) is 39.7 Å². The summed E-state index contributed by atoms with van der Waals surface area (Å²) < 4.78 is 0. The number of allylic oxidation sites excluding steroid dienone is 2. The van der Waals surface area contributed by atoms with E-state index in [-0.39, 0.29) is 17.1 Å². The van der Waals surface area contributed by atoms with Crippen LogP contribution in [-0.2, 0) is 4.79 Å². The molecule has 2 bridgehead atoms. The van der Waals surface area contributed by atoms with Gasteiger partial charge in [-0.3, -0.25) is 4.79 Å². The largest absolute Gasteiger partial charge is 0.386 e. The van der Waals surface area contributed by atoms with Crippen LogP contribution in [0.5, 0.6) is 0 Å². The Kier molecular flexibility index (Phi) is 2.07. The highest BCUT2D eigenvalue weighted by molar-refractivity contribution is 5.86. The van der Waals surface area contributed by atoms with Gasteiger partial charge >= 0.3 is 0 Å². The first-order chi connectivity index (χ1) is 6.44. The molecule has 2 rings (SSSR count). The lowest BCUT2D eigenvalue weighted by Crippen LogP contribution is -2.33. The van der Waals surface area contributed by atoms with E-state index in [2.05, 4.69) is 19.9 Å². The van der Waals surface area contributed by atoms with Gasteiger partial charge in [-0.05, 0) is 38.0 Å². The van der Waals surface area contributed by atoms with E-state index in [1.54, 1.807) is 6.92 Å². The minimum atomic E-state index is -0.801. The zero-order valence-electron chi connectivity index (χ0n) is 9.08. The molecule has 2 heteroatoms. The highest BCUT2D eigenvalue weighted by atomic mass is 16.3. The van der Waals surface area contributed by atoms with Crippen molar-refractivity contribution in [3.8, 4) is 0 Å². The lowest BCUT2D eigenvalue weighted by molar-refractivity contribution is -0.132. The van der Waals surface area contributed by atoms with Crippen LogP contribution in [0.1, 0.15) is 33.6 Å². The summed E-state index contributed by atoms with van der Waals surface area (Å²) in [5, 5.41) is 9.32. The average Bonchev–Trinajstić information content (AvgIpc) is 2.54. The molecule has 2 aliphatic rings. The minimum Gasteiger partial charge on any atom is -0.386 e. The topological polar surface area (TPSA) is 37.3 Å². The Morgan fingerprint density at radius 3 is 2.71 bits per heavy atom. The Labute approximate surface area is 85.0 Å².